The van der Waals surface area contributed by atoms with Gasteiger partial charge in [0, 0.05) is 11.9 Å². The summed E-state index contributed by atoms with van der Waals surface area (Å²) < 4.78 is 10.4. The Morgan fingerprint density at radius 2 is 2.23 bits per heavy atom. The molecule has 13 heavy (non-hydrogen) atoms. The van der Waals surface area contributed by atoms with Gasteiger partial charge in [-0.1, -0.05) is 0 Å². The van der Waals surface area contributed by atoms with Crippen LogP contribution in [0.1, 0.15) is 20.3 Å². The van der Waals surface area contributed by atoms with Gasteiger partial charge in [-0.15, -0.1) is 0 Å². The van der Waals surface area contributed by atoms with Crippen LogP contribution in [0.3, 0.4) is 0 Å². The minimum absolute atomic E-state index is 0.169. The number of ether oxygens (including phenoxy) is 2. The van der Waals surface area contributed by atoms with E-state index in [-0.39, 0.29) is 12.7 Å². The molecule has 2 radical (unpaired) electrons. The molecule has 3 atom stereocenters. The molecule has 0 spiro atoms. The van der Waals surface area contributed by atoms with Crippen LogP contribution in [0.4, 0.5) is 0 Å². The maximum absolute atomic E-state index is 9.14. The largest absolute Gasteiger partial charge is 0.394 e. The zero-order valence-electron chi connectivity index (χ0n) is 7.93. The predicted octanol–water partition coefficient (Wildman–Crippen LogP) is -0.624. The monoisotopic (exact) mass is 186 g/mol. The molecule has 1 rings (SSSR count). The summed E-state index contributed by atoms with van der Waals surface area (Å²) >= 11 is 0. The average molecular weight is 186 g/mol. The van der Waals surface area contributed by atoms with Crippen molar-refractivity contribution >= 4 is 7.85 Å². The quantitative estimate of drug-likeness (QED) is 0.576. The maximum Gasteiger partial charge on any atom is 0.157 e. The second kappa shape index (κ2) is 3.96. The highest BCUT2D eigenvalue weighted by Gasteiger charge is 2.36. The van der Waals surface area contributed by atoms with E-state index < -0.39 is 17.9 Å². The van der Waals surface area contributed by atoms with Crippen LogP contribution in [0.15, 0.2) is 0 Å². The number of hydrogen-bond donors (Lipinski definition) is 2. The van der Waals surface area contributed by atoms with Crippen molar-refractivity contribution < 1.29 is 19.7 Å². The molecule has 74 valence electrons. The summed E-state index contributed by atoms with van der Waals surface area (Å²) in [5.74, 6) is 0. The zero-order chi connectivity index (χ0) is 10.1. The highest BCUT2D eigenvalue weighted by molar-refractivity contribution is 6.13. The van der Waals surface area contributed by atoms with Crippen LogP contribution in [0.25, 0.3) is 0 Å². The molecule has 1 unspecified atom stereocenters. The molecule has 0 aliphatic carbocycles. The normalized spacial score (nSPS) is 35.2. The van der Waals surface area contributed by atoms with Gasteiger partial charge in [0.1, 0.15) is 14.0 Å². The molecular weight excluding hydrogens is 171 g/mol. The molecule has 0 saturated carbocycles. The fourth-order valence-corrected chi connectivity index (χ4v) is 1.37. The average Bonchev–Trinajstić information content (AvgIpc) is 2.27. The van der Waals surface area contributed by atoms with Gasteiger partial charge in [-0.25, -0.2) is 0 Å². The van der Waals surface area contributed by atoms with Crippen LogP contribution in [0.5, 0.6) is 0 Å². The van der Waals surface area contributed by atoms with Gasteiger partial charge >= 0.3 is 0 Å². The minimum atomic E-state index is -0.857. The SMILES string of the molecule is [B]C(C)(C)O[C@H]1CC(O)O[C@@H]1CO. The van der Waals surface area contributed by atoms with E-state index in [0.29, 0.717) is 6.42 Å². The van der Waals surface area contributed by atoms with E-state index in [1.54, 1.807) is 13.8 Å². The fourth-order valence-electron chi connectivity index (χ4n) is 1.37. The molecule has 0 aromatic rings. The summed E-state index contributed by atoms with van der Waals surface area (Å²) in [4.78, 5) is 0. The topological polar surface area (TPSA) is 58.9 Å². The Morgan fingerprint density at radius 3 is 2.69 bits per heavy atom. The molecule has 1 aliphatic rings. The van der Waals surface area contributed by atoms with Gasteiger partial charge in [0.2, 0.25) is 0 Å². The van der Waals surface area contributed by atoms with Gasteiger partial charge in [0.05, 0.1) is 12.7 Å². The molecule has 1 saturated heterocycles. The van der Waals surface area contributed by atoms with Gasteiger partial charge in [0.15, 0.2) is 6.29 Å². The molecule has 1 fully saturated rings. The van der Waals surface area contributed by atoms with Gasteiger partial charge < -0.3 is 19.7 Å². The van der Waals surface area contributed by atoms with Crippen molar-refractivity contribution in [2.24, 2.45) is 0 Å². The Hall–Kier alpha value is -0.0951. The van der Waals surface area contributed by atoms with E-state index in [9.17, 15) is 0 Å². The third kappa shape index (κ3) is 3.27. The van der Waals surface area contributed by atoms with Crippen molar-refractivity contribution in [3.63, 3.8) is 0 Å². The molecule has 5 heteroatoms. The molecule has 4 nitrogen and oxygen atoms in total. The van der Waals surface area contributed by atoms with Crippen LogP contribution in [0.2, 0.25) is 0 Å². The predicted molar refractivity (Wildman–Crippen MR) is 47.3 cm³/mol. The lowest BCUT2D eigenvalue weighted by molar-refractivity contribution is -0.118. The number of aliphatic hydroxyl groups excluding tert-OH is 2. The summed E-state index contributed by atoms with van der Waals surface area (Å²) in [5, 5.41) is 18.0. The summed E-state index contributed by atoms with van der Waals surface area (Å²) in [6.07, 6.45) is -1.31. The molecule has 2 N–H and O–H groups in total. The second-order valence-electron chi connectivity index (χ2n) is 3.81. The molecule has 0 amide bonds. The van der Waals surface area contributed by atoms with Crippen LogP contribution >= 0.6 is 0 Å². The number of hydrogen-bond acceptors (Lipinski definition) is 4. The lowest BCUT2D eigenvalue weighted by atomic mass is 9.85. The standard InChI is InChI=1S/C8H15BO4/c1-8(2,9)13-5-3-7(11)12-6(5)4-10/h5-7,10-11H,3-4H2,1-2H3/t5-,6+,7?/m0/s1. The molecule has 1 heterocycles. The highest BCUT2D eigenvalue weighted by Crippen LogP contribution is 2.24. The third-order valence-electron chi connectivity index (χ3n) is 1.82. The first-order valence-electron chi connectivity index (χ1n) is 4.33. The smallest absolute Gasteiger partial charge is 0.157 e. The third-order valence-corrected chi connectivity index (χ3v) is 1.82. The van der Waals surface area contributed by atoms with Crippen molar-refractivity contribution in [1.82, 2.24) is 0 Å². The first-order chi connectivity index (χ1) is 5.92. The van der Waals surface area contributed by atoms with Crippen molar-refractivity contribution in [2.75, 3.05) is 6.61 Å². The van der Waals surface area contributed by atoms with E-state index >= 15 is 0 Å². The van der Waals surface area contributed by atoms with Gasteiger partial charge in [0.25, 0.3) is 0 Å². The fraction of sp³-hybridized carbons (Fsp3) is 1.00. The first-order valence-corrected chi connectivity index (χ1v) is 4.33. The Morgan fingerprint density at radius 1 is 1.62 bits per heavy atom. The lowest BCUT2D eigenvalue weighted by Crippen LogP contribution is -2.37. The first kappa shape index (κ1) is 11.0. The van der Waals surface area contributed by atoms with E-state index in [1.165, 1.54) is 0 Å². The van der Waals surface area contributed by atoms with Gasteiger partial charge in [-0.3, -0.25) is 0 Å². The van der Waals surface area contributed by atoms with Crippen molar-refractivity contribution in [1.29, 1.82) is 0 Å². The lowest BCUT2D eigenvalue weighted by Gasteiger charge is -2.27. The Kier molecular flexibility index (Phi) is 3.35. The Bertz CT molecular complexity index is 168. The van der Waals surface area contributed by atoms with E-state index in [0.717, 1.165) is 0 Å². The van der Waals surface area contributed by atoms with Crippen molar-refractivity contribution in [2.45, 2.75) is 44.3 Å². The summed E-state index contributed by atoms with van der Waals surface area (Å²) in [6.45, 7) is 3.26. The van der Waals surface area contributed by atoms with Crippen molar-refractivity contribution in [3.05, 3.63) is 0 Å². The van der Waals surface area contributed by atoms with E-state index in [2.05, 4.69) is 0 Å². The van der Waals surface area contributed by atoms with Crippen LogP contribution in [-0.2, 0) is 9.47 Å². The number of aliphatic hydroxyl groups is 2. The highest BCUT2D eigenvalue weighted by atomic mass is 16.6. The maximum atomic E-state index is 9.14. The zero-order valence-corrected chi connectivity index (χ0v) is 7.93. The van der Waals surface area contributed by atoms with Gasteiger partial charge in [-0.05, 0) is 13.8 Å². The summed E-state index contributed by atoms with van der Waals surface area (Å²) in [7, 11) is 5.64. The Labute approximate surface area is 79.3 Å². The van der Waals surface area contributed by atoms with Crippen LogP contribution in [-0.4, -0.2) is 48.7 Å². The minimum Gasteiger partial charge on any atom is -0.394 e. The summed E-state index contributed by atoms with van der Waals surface area (Å²) in [5.41, 5.74) is -0.772. The van der Waals surface area contributed by atoms with Gasteiger partial charge in [-0.2, -0.15) is 0 Å². The molecule has 0 bridgehead atoms. The van der Waals surface area contributed by atoms with E-state index in [4.69, 9.17) is 27.5 Å². The molecule has 1 aliphatic heterocycles. The molecular formula is C8H15BO4. The second-order valence-corrected chi connectivity index (χ2v) is 3.81. The summed E-state index contributed by atoms with van der Waals surface area (Å²) in [6, 6.07) is 0. The van der Waals surface area contributed by atoms with Crippen molar-refractivity contribution in [3.8, 4) is 0 Å². The van der Waals surface area contributed by atoms with Crippen LogP contribution in [0, 0.1) is 0 Å². The Balaban J connectivity index is 2.49. The number of rotatable bonds is 3. The molecule has 0 aromatic heterocycles. The van der Waals surface area contributed by atoms with Crippen LogP contribution < -0.4 is 0 Å². The van der Waals surface area contributed by atoms with E-state index in [1.807, 2.05) is 0 Å². The molecule has 0 aromatic carbocycles.